The zero-order valence-electron chi connectivity index (χ0n) is 12.0. The Morgan fingerprint density at radius 2 is 1.73 bits per heavy atom. The van der Waals surface area contributed by atoms with Gasteiger partial charge in [0.1, 0.15) is 6.07 Å². The maximum absolute atomic E-state index is 10.3. The van der Waals surface area contributed by atoms with E-state index in [2.05, 4.69) is 25.9 Å². The first-order valence-electron chi connectivity index (χ1n) is 7.07. The number of aromatic nitrogens is 3. The lowest BCUT2D eigenvalue weighted by molar-refractivity contribution is 0.191. The number of hydrogen-bond donors (Lipinski definition) is 1. The minimum atomic E-state index is -0.538. The predicted molar refractivity (Wildman–Crippen MR) is 81.4 cm³/mol. The normalized spacial score (nSPS) is 18.6. The summed E-state index contributed by atoms with van der Waals surface area (Å²) in [5, 5.41) is 19.4. The van der Waals surface area contributed by atoms with Gasteiger partial charge in [-0.2, -0.15) is 5.26 Å². The topological polar surface area (TPSA) is 89.2 Å². The van der Waals surface area contributed by atoms with Gasteiger partial charge in [0.15, 0.2) is 11.5 Å². The highest BCUT2D eigenvalue weighted by Gasteiger charge is 2.24. The van der Waals surface area contributed by atoms with Gasteiger partial charge in [-0.1, -0.05) is 0 Å². The van der Waals surface area contributed by atoms with E-state index < -0.39 is 6.10 Å². The van der Waals surface area contributed by atoms with Crippen LogP contribution in [0.2, 0.25) is 0 Å². The Hall–Kier alpha value is -2.72. The minimum absolute atomic E-state index is 0.284. The molecule has 0 aromatic carbocycles. The van der Waals surface area contributed by atoms with E-state index in [0.717, 1.165) is 12.2 Å². The molecule has 1 atom stereocenters. The van der Waals surface area contributed by atoms with Gasteiger partial charge in [0.2, 0.25) is 0 Å². The monoisotopic (exact) mass is 296 g/mol. The van der Waals surface area contributed by atoms with E-state index in [1.165, 1.54) is 6.20 Å². The van der Waals surface area contributed by atoms with Crippen molar-refractivity contribution in [1.29, 1.82) is 5.26 Å². The summed E-state index contributed by atoms with van der Waals surface area (Å²) in [5.41, 5.74) is 1.31. The molecule has 0 bridgehead atoms. The molecule has 0 spiro atoms. The molecule has 1 N–H and O–H groups in total. The molecular formula is C15H16N6O. The summed E-state index contributed by atoms with van der Waals surface area (Å²) >= 11 is 0. The van der Waals surface area contributed by atoms with Crippen molar-refractivity contribution in [1.82, 2.24) is 15.0 Å². The van der Waals surface area contributed by atoms with Gasteiger partial charge < -0.3 is 14.9 Å². The Morgan fingerprint density at radius 1 is 1.05 bits per heavy atom. The molecule has 22 heavy (non-hydrogen) atoms. The summed E-state index contributed by atoms with van der Waals surface area (Å²) in [7, 11) is 0. The van der Waals surface area contributed by atoms with Crippen molar-refractivity contribution >= 4 is 11.5 Å². The van der Waals surface area contributed by atoms with E-state index in [1.807, 2.05) is 17.0 Å². The first-order chi connectivity index (χ1) is 10.8. The number of aliphatic hydroxyl groups is 1. The van der Waals surface area contributed by atoms with Gasteiger partial charge in [-0.15, -0.1) is 0 Å². The lowest BCUT2D eigenvalue weighted by atomic mass is 10.3. The van der Waals surface area contributed by atoms with Crippen LogP contribution in [0.15, 0.2) is 36.9 Å². The van der Waals surface area contributed by atoms with Gasteiger partial charge >= 0.3 is 0 Å². The number of nitrogens with zero attached hydrogens (tertiary/aromatic N) is 6. The molecule has 1 aliphatic heterocycles. The molecule has 2 aromatic rings. The minimum Gasteiger partial charge on any atom is -0.389 e. The second-order valence-electron chi connectivity index (χ2n) is 5.09. The fraction of sp³-hybridized carbons (Fsp3) is 0.333. The molecule has 7 nitrogen and oxygen atoms in total. The number of hydrogen-bond acceptors (Lipinski definition) is 7. The standard InChI is InChI=1S/C15H16N6O/c16-9-14-15(19-6-5-18-14)21-8-7-20(10-13(22)11-21)12-1-3-17-4-2-12/h1-6,13,22H,7-8,10-11H2. The lowest BCUT2D eigenvalue weighted by Gasteiger charge is -2.23. The van der Waals surface area contributed by atoms with E-state index in [9.17, 15) is 5.11 Å². The van der Waals surface area contributed by atoms with Gasteiger partial charge in [0.25, 0.3) is 0 Å². The third kappa shape index (κ3) is 2.97. The number of nitriles is 1. The maximum Gasteiger partial charge on any atom is 0.183 e. The van der Waals surface area contributed by atoms with E-state index in [0.29, 0.717) is 25.5 Å². The van der Waals surface area contributed by atoms with E-state index in [-0.39, 0.29) is 5.69 Å². The molecule has 1 unspecified atom stereocenters. The summed E-state index contributed by atoms with van der Waals surface area (Å²) < 4.78 is 0. The van der Waals surface area contributed by atoms with Crippen LogP contribution in [-0.4, -0.2) is 52.3 Å². The number of anilines is 2. The SMILES string of the molecule is N#Cc1nccnc1N1CCN(c2ccncc2)CC(O)C1. The van der Waals surface area contributed by atoms with E-state index >= 15 is 0 Å². The van der Waals surface area contributed by atoms with Gasteiger partial charge in [0.05, 0.1) is 6.10 Å². The summed E-state index contributed by atoms with van der Waals surface area (Å²) in [6.07, 6.45) is 6.00. The fourth-order valence-electron chi connectivity index (χ4n) is 2.61. The highest BCUT2D eigenvalue weighted by Crippen LogP contribution is 2.20. The van der Waals surface area contributed by atoms with Crippen LogP contribution in [0.4, 0.5) is 11.5 Å². The fourth-order valence-corrected chi connectivity index (χ4v) is 2.61. The van der Waals surface area contributed by atoms with Crippen LogP contribution >= 0.6 is 0 Å². The Morgan fingerprint density at radius 3 is 2.50 bits per heavy atom. The average Bonchev–Trinajstić information content (AvgIpc) is 2.77. The van der Waals surface area contributed by atoms with E-state index in [4.69, 9.17) is 5.26 Å². The van der Waals surface area contributed by atoms with Crippen LogP contribution in [0.1, 0.15) is 5.69 Å². The zero-order valence-corrected chi connectivity index (χ0v) is 12.0. The number of β-amino-alcohol motifs (C(OH)–C–C–N with tert-alkyl or cyclic N) is 1. The number of aliphatic hydroxyl groups excluding tert-OH is 1. The largest absolute Gasteiger partial charge is 0.389 e. The number of pyridine rings is 1. The molecule has 0 aliphatic carbocycles. The quantitative estimate of drug-likeness (QED) is 0.859. The summed E-state index contributed by atoms with van der Waals surface area (Å²) in [4.78, 5) is 16.3. The molecule has 3 rings (SSSR count). The van der Waals surface area contributed by atoms with Gasteiger partial charge in [0, 0.05) is 56.7 Å². The Bertz CT molecular complexity index is 671. The van der Waals surface area contributed by atoms with Crippen molar-refractivity contribution in [2.75, 3.05) is 36.0 Å². The molecule has 1 saturated heterocycles. The Balaban J connectivity index is 1.82. The van der Waals surface area contributed by atoms with Crippen molar-refractivity contribution in [3.63, 3.8) is 0 Å². The smallest absolute Gasteiger partial charge is 0.183 e. The summed E-state index contributed by atoms with van der Waals surface area (Å²) in [5.74, 6) is 0.528. The molecule has 7 heteroatoms. The highest BCUT2D eigenvalue weighted by atomic mass is 16.3. The molecule has 2 aromatic heterocycles. The van der Waals surface area contributed by atoms with Crippen molar-refractivity contribution in [2.45, 2.75) is 6.10 Å². The molecule has 3 heterocycles. The molecule has 1 fully saturated rings. The van der Waals surface area contributed by atoms with Crippen LogP contribution in [0, 0.1) is 11.3 Å². The molecule has 0 radical (unpaired) electrons. The third-order valence-electron chi connectivity index (χ3n) is 3.61. The molecule has 1 aliphatic rings. The van der Waals surface area contributed by atoms with Crippen molar-refractivity contribution in [2.24, 2.45) is 0 Å². The van der Waals surface area contributed by atoms with Crippen molar-refractivity contribution < 1.29 is 5.11 Å². The van der Waals surface area contributed by atoms with Crippen LogP contribution in [0.3, 0.4) is 0 Å². The first kappa shape index (κ1) is 14.2. The molecular weight excluding hydrogens is 280 g/mol. The molecule has 0 saturated carbocycles. The summed E-state index contributed by atoms with van der Waals surface area (Å²) in [6.45, 7) is 2.34. The van der Waals surface area contributed by atoms with Gasteiger partial charge in [-0.25, -0.2) is 9.97 Å². The van der Waals surface area contributed by atoms with Crippen LogP contribution in [-0.2, 0) is 0 Å². The highest BCUT2D eigenvalue weighted by molar-refractivity contribution is 5.51. The number of rotatable bonds is 2. The van der Waals surface area contributed by atoms with Crippen LogP contribution in [0.5, 0.6) is 0 Å². The van der Waals surface area contributed by atoms with Crippen molar-refractivity contribution in [3.8, 4) is 6.07 Å². The van der Waals surface area contributed by atoms with Gasteiger partial charge in [-0.3, -0.25) is 4.98 Å². The maximum atomic E-state index is 10.3. The summed E-state index contributed by atoms with van der Waals surface area (Å²) in [6, 6.07) is 5.90. The molecule has 0 amide bonds. The third-order valence-corrected chi connectivity index (χ3v) is 3.61. The lowest BCUT2D eigenvalue weighted by Crippen LogP contribution is -2.34. The second kappa shape index (κ2) is 6.37. The van der Waals surface area contributed by atoms with Crippen LogP contribution < -0.4 is 9.80 Å². The Labute approximate surface area is 128 Å². The Kier molecular flexibility index (Phi) is 4.12. The zero-order chi connectivity index (χ0) is 15.4. The first-order valence-corrected chi connectivity index (χ1v) is 7.07. The van der Waals surface area contributed by atoms with E-state index in [1.54, 1.807) is 18.6 Å². The molecule has 112 valence electrons. The van der Waals surface area contributed by atoms with Gasteiger partial charge in [-0.05, 0) is 12.1 Å². The van der Waals surface area contributed by atoms with Crippen molar-refractivity contribution in [3.05, 3.63) is 42.6 Å². The second-order valence-corrected chi connectivity index (χ2v) is 5.09. The predicted octanol–water partition coefficient (Wildman–Crippen LogP) is 0.431. The van der Waals surface area contributed by atoms with Crippen LogP contribution in [0.25, 0.3) is 0 Å². The average molecular weight is 296 g/mol.